The lowest BCUT2D eigenvalue weighted by Crippen LogP contribution is -2.10. The van der Waals surface area contributed by atoms with Crippen molar-refractivity contribution in [1.29, 1.82) is 0 Å². The Kier molecular flexibility index (Phi) is 4.55. The molecule has 0 saturated carbocycles. The number of aromatic nitrogens is 2. The Hall–Kier alpha value is -1.98. The Morgan fingerprint density at radius 2 is 1.86 bits per heavy atom. The third-order valence-electron chi connectivity index (χ3n) is 3.42. The van der Waals surface area contributed by atoms with Gasteiger partial charge >= 0.3 is 0 Å². The van der Waals surface area contributed by atoms with E-state index in [2.05, 4.69) is 9.97 Å². The van der Waals surface area contributed by atoms with E-state index in [0.29, 0.717) is 17.8 Å². The zero-order valence-corrected chi connectivity index (χ0v) is 13.3. The molecule has 3 rings (SSSR count). The van der Waals surface area contributed by atoms with Gasteiger partial charge in [0.25, 0.3) is 5.56 Å². The molecule has 0 spiro atoms. The number of para-hydroxylation sites is 1. The van der Waals surface area contributed by atoms with Crippen LogP contribution in [0.2, 0.25) is 0 Å². The number of hydrogen-bond donors (Lipinski definition) is 2. The van der Waals surface area contributed by atoms with Crippen molar-refractivity contribution in [2.45, 2.75) is 13.5 Å². The van der Waals surface area contributed by atoms with Crippen LogP contribution in [0.15, 0.2) is 47.3 Å². The normalized spacial score (nSPS) is 10.4. The summed E-state index contributed by atoms with van der Waals surface area (Å²) >= 11 is 0. The second-order valence-corrected chi connectivity index (χ2v) is 4.79. The molecule has 5 heteroatoms. The van der Waals surface area contributed by atoms with Crippen molar-refractivity contribution >= 4 is 27.9 Å². The van der Waals surface area contributed by atoms with Crippen LogP contribution in [-0.4, -0.2) is 9.97 Å². The van der Waals surface area contributed by atoms with E-state index in [4.69, 9.17) is 5.73 Å². The Morgan fingerprint density at radius 3 is 2.52 bits per heavy atom. The molecule has 3 N–H and O–H groups in total. The van der Waals surface area contributed by atoms with Crippen molar-refractivity contribution in [3.63, 3.8) is 0 Å². The molecule has 1 aromatic heterocycles. The number of aromatic amines is 1. The van der Waals surface area contributed by atoms with Crippen molar-refractivity contribution in [2.75, 3.05) is 0 Å². The number of aryl methyl sites for hydroxylation is 1. The van der Waals surface area contributed by atoms with Gasteiger partial charge in [0.15, 0.2) is 0 Å². The SMILES string of the molecule is Br.Cc1cccc2c(=O)nc(-c3ccc(CN)cc3)[nH]c12. The summed E-state index contributed by atoms with van der Waals surface area (Å²) in [6.45, 7) is 2.47. The Bertz CT molecular complexity index is 825. The number of nitrogens with zero attached hydrogens (tertiary/aromatic N) is 1. The van der Waals surface area contributed by atoms with Crippen LogP contribution in [0.3, 0.4) is 0 Å². The molecule has 3 aromatic rings. The summed E-state index contributed by atoms with van der Waals surface area (Å²) in [4.78, 5) is 19.5. The van der Waals surface area contributed by atoms with Crippen LogP contribution in [0.4, 0.5) is 0 Å². The Labute approximate surface area is 132 Å². The van der Waals surface area contributed by atoms with Gasteiger partial charge in [-0.15, -0.1) is 17.0 Å². The van der Waals surface area contributed by atoms with Gasteiger partial charge in [0.2, 0.25) is 0 Å². The van der Waals surface area contributed by atoms with Crippen molar-refractivity contribution < 1.29 is 0 Å². The molecule has 0 bridgehead atoms. The largest absolute Gasteiger partial charge is 0.339 e. The Morgan fingerprint density at radius 1 is 1.14 bits per heavy atom. The highest BCUT2D eigenvalue weighted by molar-refractivity contribution is 8.93. The van der Waals surface area contributed by atoms with E-state index < -0.39 is 0 Å². The predicted octanol–water partition coefficient (Wildman–Crippen LogP) is 2.94. The van der Waals surface area contributed by atoms with E-state index in [-0.39, 0.29) is 22.5 Å². The van der Waals surface area contributed by atoms with E-state index in [1.165, 1.54) is 0 Å². The van der Waals surface area contributed by atoms with Crippen LogP contribution in [0.25, 0.3) is 22.3 Å². The quantitative estimate of drug-likeness (QED) is 0.749. The highest BCUT2D eigenvalue weighted by Gasteiger charge is 2.07. The van der Waals surface area contributed by atoms with Crippen LogP contribution in [-0.2, 0) is 6.54 Å². The third-order valence-corrected chi connectivity index (χ3v) is 3.42. The van der Waals surface area contributed by atoms with Crippen LogP contribution >= 0.6 is 17.0 Å². The van der Waals surface area contributed by atoms with Gasteiger partial charge in [-0.3, -0.25) is 4.79 Å². The van der Waals surface area contributed by atoms with Gasteiger partial charge in [-0.2, -0.15) is 4.98 Å². The fourth-order valence-electron chi connectivity index (χ4n) is 2.26. The zero-order valence-electron chi connectivity index (χ0n) is 11.6. The number of benzene rings is 2. The lowest BCUT2D eigenvalue weighted by molar-refractivity contribution is 1.07. The van der Waals surface area contributed by atoms with Crippen LogP contribution in [0.5, 0.6) is 0 Å². The number of hydrogen-bond acceptors (Lipinski definition) is 3. The number of rotatable bonds is 2. The summed E-state index contributed by atoms with van der Waals surface area (Å²) in [5.74, 6) is 0.584. The minimum Gasteiger partial charge on any atom is -0.339 e. The van der Waals surface area contributed by atoms with Crippen LogP contribution in [0, 0.1) is 6.92 Å². The van der Waals surface area contributed by atoms with Crippen molar-refractivity contribution in [3.05, 3.63) is 63.9 Å². The highest BCUT2D eigenvalue weighted by Crippen LogP contribution is 2.18. The maximum atomic E-state index is 12.1. The molecule has 2 aromatic carbocycles. The summed E-state index contributed by atoms with van der Waals surface area (Å²) < 4.78 is 0. The van der Waals surface area contributed by atoms with Gasteiger partial charge < -0.3 is 10.7 Å². The standard InChI is InChI=1S/C16H15N3O.BrH/c1-10-3-2-4-13-14(10)18-15(19-16(13)20)12-7-5-11(9-17)6-8-12;/h2-8H,9,17H2,1H3,(H,18,19,20);1H. The van der Waals surface area contributed by atoms with E-state index in [1.54, 1.807) is 6.07 Å². The topological polar surface area (TPSA) is 71.8 Å². The monoisotopic (exact) mass is 345 g/mol. The lowest BCUT2D eigenvalue weighted by Gasteiger charge is -2.06. The highest BCUT2D eigenvalue weighted by atomic mass is 79.9. The Balaban J connectivity index is 0.00000161. The summed E-state index contributed by atoms with van der Waals surface area (Å²) in [7, 11) is 0. The molecule has 0 unspecified atom stereocenters. The second-order valence-electron chi connectivity index (χ2n) is 4.79. The molecular formula is C16H16BrN3O. The molecule has 0 atom stereocenters. The van der Waals surface area contributed by atoms with Crippen LogP contribution in [0.1, 0.15) is 11.1 Å². The lowest BCUT2D eigenvalue weighted by atomic mass is 10.1. The summed E-state index contributed by atoms with van der Waals surface area (Å²) in [5.41, 5.74) is 9.17. The van der Waals surface area contributed by atoms with Gasteiger partial charge in [0.05, 0.1) is 10.9 Å². The molecule has 4 nitrogen and oxygen atoms in total. The molecule has 0 aliphatic heterocycles. The van der Waals surface area contributed by atoms with Gasteiger partial charge in [0.1, 0.15) is 5.82 Å². The van der Waals surface area contributed by atoms with E-state index in [1.807, 2.05) is 43.3 Å². The van der Waals surface area contributed by atoms with Gasteiger partial charge in [-0.05, 0) is 24.1 Å². The summed E-state index contributed by atoms with van der Waals surface area (Å²) in [5, 5.41) is 0.618. The van der Waals surface area contributed by atoms with Gasteiger partial charge in [0, 0.05) is 12.1 Å². The number of fused-ring (bicyclic) bond motifs is 1. The van der Waals surface area contributed by atoms with Gasteiger partial charge in [-0.25, -0.2) is 0 Å². The summed E-state index contributed by atoms with van der Waals surface area (Å²) in [6.07, 6.45) is 0. The van der Waals surface area contributed by atoms with Crippen molar-refractivity contribution in [1.82, 2.24) is 9.97 Å². The first-order valence-electron chi connectivity index (χ1n) is 6.48. The molecular weight excluding hydrogens is 330 g/mol. The first kappa shape index (κ1) is 15.4. The molecule has 0 saturated heterocycles. The van der Waals surface area contributed by atoms with Crippen molar-refractivity contribution in [3.8, 4) is 11.4 Å². The molecule has 0 aliphatic rings. The first-order chi connectivity index (χ1) is 9.69. The van der Waals surface area contributed by atoms with E-state index in [0.717, 1.165) is 22.2 Å². The molecule has 0 aliphatic carbocycles. The molecule has 21 heavy (non-hydrogen) atoms. The average Bonchev–Trinajstić information content (AvgIpc) is 2.48. The van der Waals surface area contributed by atoms with Crippen molar-refractivity contribution in [2.24, 2.45) is 5.73 Å². The average molecular weight is 346 g/mol. The van der Waals surface area contributed by atoms with Crippen LogP contribution < -0.4 is 11.3 Å². The third kappa shape index (κ3) is 2.89. The zero-order chi connectivity index (χ0) is 14.1. The second kappa shape index (κ2) is 6.20. The molecule has 0 radical (unpaired) electrons. The number of H-pyrrole nitrogens is 1. The van der Waals surface area contributed by atoms with E-state index >= 15 is 0 Å². The van der Waals surface area contributed by atoms with E-state index in [9.17, 15) is 4.79 Å². The molecule has 108 valence electrons. The minimum absolute atomic E-state index is 0. The maximum Gasteiger partial charge on any atom is 0.281 e. The smallest absolute Gasteiger partial charge is 0.281 e. The molecule has 0 fully saturated rings. The first-order valence-corrected chi connectivity index (χ1v) is 6.48. The van der Waals surface area contributed by atoms with Gasteiger partial charge in [-0.1, -0.05) is 36.4 Å². The number of nitrogens with one attached hydrogen (secondary N) is 1. The number of halogens is 1. The minimum atomic E-state index is -0.208. The molecule has 0 amide bonds. The predicted molar refractivity (Wildman–Crippen MR) is 90.8 cm³/mol. The maximum absolute atomic E-state index is 12.1. The number of nitrogens with two attached hydrogens (primary N) is 1. The summed E-state index contributed by atoms with van der Waals surface area (Å²) in [6, 6.07) is 13.4. The fraction of sp³-hybridized carbons (Fsp3) is 0.125. The molecule has 1 heterocycles. The fourth-order valence-corrected chi connectivity index (χ4v) is 2.26.